The monoisotopic (exact) mass is 296 g/mol. The van der Waals surface area contributed by atoms with Crippen molar-refractivity contribution in [1.29, 1.82) is 0 Å². The van der Waals surface area contributed by atoms with Gasteiger partial charge in [0, 0.05) is 19.3 Å². The summed E-state index contributed by atoms with van der Waals surface area (Å²) in [7, 11) is 0. The average molecular weight is 296 g/mol. The maximum absolute atomic E-state index is 4.48. The molecule has 2 nitrogen and oxygen atoms in total. The minimum atomic E-state index is 1.07. The largest absolute Gasteiger partial charge is 0.357 e. The Kier molecular flexibility index (Phi) is 6.95. The molecule has 0 N–H and O–H groups in total. The summed E-state index contributed by atoms with van der Waals surface area (Å²) in [5.41, 5.74) is 2.89. The Hall–Kier alpha value is -1.83. The van der Waals surface area contributed by atoms with Gasteiger partial charge in [-0.1, -0.05) is 50.6 Å². The Morgan fingerprint density at radius 3 is 2.14 bits per heavy atom. The number of aromatic nitrogens is 1. The second kappa shape index (κ2) is 9.24. The third kappa shape index (κ3) is 5.18. The van der Waals surface area contributed by atoms with Crippen LogP contribution in [-0.4, -0.2) is 18.1 Å². The van der Waals surface area contributed by atoms with Crippen LogP contribution in [0.1, 0.15) is 44.2 Å². The molecule has 118 valence electrons. The molecule has 0 aliphatic heterocycles. The van der Waals surface area contributed by atoms with Crippen LogP contribution in [0.4, 0.5) is 5.82 Å². The zero-order valence-electron chi connectivity index (χ0n) is 14.0. The first-order valence-electron chi connectivity index (χ1n) is 8.57. The van der Waals surface area contributed by atoms with E-state index in [2.05, 4.69) is 60.1 Å². The maximum Gasteiger partial charge on any atom is 0.128 e. The van der Waals surface area contributed by atoms with E-state index in [0.29, 0.717) is 0 Å². The number of nitrogens with zero attached hydrogens (tertiary/aromatic N) is 2. The zero-order valence-corrected chi connectivity index (χ0v) is 14.0. The van der Waals surface area contributed by atoms with E-state index in [9.17, 15) is 0 Å². The van der Waals surface area contributed by atoms with E-state index in [1.807, 2.05) is 12.3 Å². The summed E-state index contributed by atoms with van der Waals surface area (Å²) in [5.74, 6) is 1.10. The molecule has 0 unspecified atom stereocenters. The molecule has 0 atom stereocenters. The molecule has 2 aromatic rings. The fourth-order valence-electron chi connectivity index (χ4n) is 2.79. The molecule has 0 spiro atoms. The number of hydrogen-bond acceptors (Lipinski definition) is 2. The molecule has 22 heavy (non-hydrogen) atoms. The molecule has 0 bridgehead atoms. The third-order valence-corrected chi connectivity index (χ3v) is 3.92. The third-order valence-electron chi connectivity index (χ3n) is 3.92. The van der Waals surface area contributed by atoms with Gasteiger partial charge in [0.25, 0.3) is 0 Å². The van der Waals surface area contributed by atoms with Crippen molar-refractivity contribution in [2.24, 2.45) is 0 Å². The maximum atomic E-state index is 4.48. The fourth-order valence-corrected chi connectivity index (χ4v) is 2.79. The van der Waals surface area contributed by atoms with Crippen LogP contribution in [0.3, 0.4) is 0 Å². The first-order valence-corrected chi connectivity index (χ1v) is 8.57. The van der Waals surface area contributed by atoms with Crippen molar-refractivity contribution in [2.75, 3.05) is 18.0 Å². The summed E-state index contributed by atoms with van der Waals surface area (Å²) in [4.78, 5) is 6.88. The molecular formula is C20H28N2. The van der Waals surface area contributed by atoms with Crippen LogP contribution in [0.15, 0.2) is 48.7 Å². The number of pyridine rings is 1. The summed E-state index contributed by atoms with van der Waals surface area (Å²) in [5, 5.41) is 0. The van der Waals surface area contributed by atoms with Crippen molar-refractivity contribution in [3.63, 3.8) is 0 Å². The number of rotatable bonds is 9. The highest BCUT2D eigenvalue weighted by molar-refractivity contribution is 5.37. The van der Waals surface area contributed by atoms with Gasteiger partial charge in [0.15, 0.2) is 0 Å². The summed E-state index contributed by atoms with van der Waals surface area (Å²) < 4.78 is 0. The van der Waals surface area contributed by atoms with E-state index < -0.39 is 0 Å². The molecule has 1 heterocycles. The van der Waals surface area contributed by atoms with Crippen LogP contribution in [0.2, 0.25) is 0 Å². The van der Waals surface area contributed by atoms with Gasteiger partial charge in [-0.25, -0.2) is 4.98 Å². The molecule has 0 radical (unpaired) electrons. The minimum absolute atomic E-state index is 1.07. The Labute approximate surface area is 135 Å². The van der Waals surface area contributed by atoms with E-state index in [1.54, 1.807) is 0 Å². The van der Waals surface area contributed by atoms with E-state index >= 15 is 0 Å². The van der Waals surface area contributed by atoms with Gasteiger partial charge in [-0.3, -0.25) is 0 Å². The van der Waals surface area contributed by atoms with Crippen molar-refractivity contribution in [3.05, 3.63) is 59.8 Å². The lowest BCUT2D eigenvalue weighted by Gasteiger charge is -2.23. The van der Waals surface area contributed by atoms with Crippen molar-refractivity contribution >= 4 is 5.82 Å². The molecule has 1 aromatic heterocycles. The highest BCUT2D eigenvalue weighted by atomic mass is 15.2. The van der Waals surface area contributed by atoms with E-state index in [-0.39, 0.29) is 0 Å². The van der Waals surface area contributed by atoms with E-state index in [1.165, 1.54) is 30.4 Å². The summed E-state index contributed by atoms with van der Waals surface area (Å²) >= 11 is 0. The first kappa shape index (κ1) is 16.5. The van der Waals surface area contributed by atoms with Gasteiger partial charge in [-0.15, -0.1) is 0 Å². The number of benzene rings is 1. The molecular weight excluding hydrogens is 268 g/mol. The topological polar surface area (TPSA) is 16.1 Å². The van der Waals surface area contributed by atoms with Crippen LogP contribution in [0.25, 0.3) is 0 Å². The smallest absolute Gasteiger partial charge is 0.128 e. The molecule has 0 aliphatic carbocycles. The van der Waals surface area contributed by atoms with Crippen LogP contribution in [0.5, 0.6) is 0 Å². The summed E-state index contributed by atoms with van der Waals surface area (Å²) in [6.07, 6.45) is 7.75. The highest BCUT2D eigenvalue weighted by Gasteiger charge is 2.06. The molecule has 0 fully saturated rings. The predicted molar refractivity (Wildman–Crippen MR) is 95.5 cm³/mol. The van der Waals surface area contributed by atoms with Gasteiger partial charge >= 0.3 is 0 Å². The van der Waals surface area contributed by atoms with Gasteiger partial charge in [0.2, 0.25) is 0 Å². The number of aryl methyl sites for hydroxylation is 2. The lowest BCUT2D eigenvalue weighted by Crippen LogP contribution is -2.26. The van der Waals surface area contributed by atoms with Crippen molar-refractivity contribution < 1.29 is 0 Å². The number of anilines is 1. The first-order chi connectivity index (χ1) is 10.8. The van der Waals surface area contributed by atoms with Crippen LogP contribution >= 0.6 is 0 Å². The molecule has 0 saturated heterocycles. The molecule has 0 aliphatic rings. The van der Waals surface area contributed by atoms with Gasteiger partial charge in [0.05, 0.1) is 0 Å². The second-order valence-electron chi connectivity index (χ2n) is 5.85. The van der Waals surface area contributed by atoms with Crippen LogP contribution < -0.4 is 4.90 Å². The molecule has 0 amide bonds. The fraction of sp³-hybridized carbons (Fsp3) is 0.450. The Balaban J connectivity index is 1.85. The van der Waals surface area contributed by atoms with E-state index in [4.69, 9.17) is 0 Å². The van der Waals surface area contributed by atoms with Crippen molar-refractivity contribution in [3.8, 4) is 0 Å². The molecule has 1 aromatic carbocycles. The minimum Gasteiger partial charge on any atom is -0.357 e. The van der Waals surface area contributed by atoms with Crippen molar-refractivity contribution in [2.45, 2.75) is 46.0 Å². The molecule has 2 rings (SSSR count). The van der Waals surface area contributed by atoms with Gasteiger partial charge in [-0.05, 0) is 48.9 Å². The standard InChI is InChI=1S/C20H28N2/c1-3-8-18-11-13-19(14-12-18)9-7-17-22(16-4-2)20-10-5-6-15-21-20/h5-6,10-15H,3-4,7-9,16-17H2,1-2H3. The van der Waals surface area contributed by atoms with Gasteiger partial charge < -0.3 is 4.90 Å². The quantitative estimate of drug-likeness (QED) is 0.655. The lowest BCUT2D eigenvalue weighted by molar-refractivity contribution is 0.706. The Morgan fingerprint density at radius 2 is 1.55 bits per heavy atom. The van der Waals surface area contributed by atoms with Gasteiger partial charge in [0.1, 0.15) is 5.82 Å². The Bertz CT molecular complexity index is 519. The highest BCUT2D eigenvalue weighted by Crippen LogP contribution is 2.13. The SMILES string of the molecule is CCCc1ccc(CCCN(CCC)c2ccccn2)cc1. The summed E-state index contributed by atoms with van der Waals surface area (Å²) in [6.45, 7) is 6.60. The van der Waals surface area contributed by atoms with Crippen LogP contribution in [-0.2, 0) is 12.8 Å². The average Bonchev–Trinajstić information content (AvgIpc) is 2.57. The van der Waals surface area contributed by atoms with Crippen molar-refractivity contribution in [1.82, 2.24) is 4.98 Å². The van der Waals surface area contributed by atoms with Crippen LogP contribution in [0, 0.1) is 0 Å². The number of hydrogen-bond donors (Lipinski definition) is 0. The van der Waals surface area contributed by atoms with Gasteiger partial charge in [-0.2, -0.15) is 0 Å². The van der Waals surface area contributed by atoms with E-state index in [0.717, 1.165) is 31.7 Å². The molecule has 2 heteroatoms. The lowest BCUT2D eigenvalue weighted by atomic mass is 10.0. The Morgan fingerprint density at radius 1 is 0.818 bits per heavy atom. The summed E-state index contributed by atoms with van der Waals surface area (Å²) in [6, 6.07) is 15.3. The second-order valence-corrected chi connectivity index (χ2v) is 5.85. The molecule has 0 saturated carbocycles. The zero-order chi connectivity index (χ0) is 15.6. The normalized spacial score (nSPS) is 10.6. The predicted octanol–water partition coefficient (Wildman–Crippen LogP) is 4.88.